The fourth-order valence-electron chi connectivity index (χ4n) is 0.848. The second-order valence-electron chi connectivity index (χ2n) is 2.73. The quantitative estimate of drug-likeness (QED) is 0.568. The molecule has 1 amide bonds. The minimum absolute atomic E-state index is 0.0576. The molecule has 0 N–H and O–H groups in total. The van der Waals surface area contributed by atoms with E-state index in [2.05, 4.69) is 4.99 Å². The lowest BCUT2D eigenvalue weighted by Crippen LogP contribution is -2.22. The van der Waals surface area contributed by atoms with E-state index in [4.69, 9.17) is 0 Å². The summed E-state index contributed by atoms with van der Waals surface area (Å²) in [6, 6.07) is 0. The van der Waals surface area contributed by atoms with Gasteiger partial charge in [-0.3, -0.25) is 9.79 Å². The number of rotatable bonds is 1. The summed E-state index contributed by atoms with van der Waals surface area (Å²) in [5.74, 6) is -0.0576. The molecule has 0 aromatic heterocycles. The Bertz CT molecular complexity index is 262. The van der Waals surface area contributed by atoms with Gasteiger partial charge in [0.25, 0.3) is 5.91 Å². The van der Waals surface area contributed by atoms with E-state index in [0.717, 1.165) is 6.42 Å². The first-order chi connectivity index (χ1) is 5.72. The molecule has 3 nitrogen and oxygen atoms in total. The molecule has 0 unspecified atom stereocenters. The van der Waals surface area contributed by atoms with Crippen molar-refractivity contribution in [3.63, 3.8) is 0 Å². The highest BCUT2D eigenvalue weighted by Crippen LogP contribution is 2.04. The Balaban J connectivity index is 2.80. The third-order valence-corrected chi connectivity index (χ3v) is 1.49. The van der Waals surface area contributed by atoms with Crippen LogP contribution in [-0.4, -0.2) is 31.1 Å². The summed E-state index contributed by atoms with van der Waals surface area (Å²) >= 11 is 0. The van der Waals surface area contributed by atoms with Gasteiger partial charge >= 0.3 is 0 Å². The van der Waals surface area contributed by atoms with Crippen LogP contribution in [0.2, 0.25) is 0 Å². The predicted octanol–water partition coefficient (Wildman–Crippen LogP) is 0.989. The molecule has 0 atom stereocenters. The summed E-state index contributed by atoms with van der Waals surface area (Å²) in [5.41, 5.74) is 0.494. The van der Waals surface area contributed by atoms with E-state index in [0.29, 0.717) is 5.70 Å². The van der Waals surface area contributed by atoms with Crippen molar-refractivity contribution in [3.05, 3.63) is 23.9 Å². The van der Waals surface area contributed by atoms with Crippen LogP contribution in [0.25, 0.3) is 0 Å². The van der Waals surface area contributed by atoms with E-state index in [-0.39, 0.29) is 5.91 Å². The lowest BCUT2D eigenvalue weighted by Gasteiger charge is -2.08. The normalized spacial score (nSPS) is 15.3. The van der Waals surface area contributed by atoms with Crippen LogP contribution in [0, 0.1) is 0 Å². The van der Waals surface area contributed by atoms with Gasteiger partial charge in [0.2, 0.25) is 0 Å². The molecule has 64 valence electrons. The lowest BCUT2D eigenvalue weighted by molar-refractivity contribution is -0.124. The van der Waals surface area contributed by atoms with Crippen LogP contribution < -0.4 is 0 Å². The molecule has 0 spiro atoms. The Labute approximate surface area is 72.1 Å². The molecular weight excluding hydrogens is 152 g/mol. The largest absolute Gasteiger partial charge is 0.343 e. The molecule has 0 bridgehead atoms. The number of allylic oxidation sites excluding steroid dienone is 3. The summed E-state index contributed by atoms with van der Waals surface area (Å²) in [6.45, 7) is 0. The zero-order chi connectivity index (χ0) is 8.97. The maximum Gasteiger partial charge on any atom is 0.271 e. The van der Waals surface area contributed by atoms with Gasteiger partial charge < -0.3 is 4.90 Å². The molecule has 1 aliphatic heterocycles. The van der Waals surface area contributed by atoms with Gasteiger partial charge in [-0.05, 0) is 6.08 Å². The fourth-order valence-corrected chi connectivity index (χ4v) is 0.848. The van der Waals surface area contributed by atoms with Crippen LogP contribution in [0.15, 0.2) is 28.9 Å². The van der Waals surface area contributed by atoms with E-state index < -0.39 is 0 Å². The number of nitrogens with zero attached hydrogens (tertiary/aromatic N) is 2. The molecule has 1 rings (SSSR count). The number of likely N-dealkylation sites (N-methyl/N-ethyl adjacent to an activating group) is 1. The lowest BCUT2D eigenvalue weighted by atomic mass is 10.3. The second kappa shape index (κ2) is 3.85. The van der Waals surface area contributed by atoms with Crippen molar-refractivity contribution in [2.75, 3.05) is 14.1 Å². The second-order valence-corrected chi connectivity index (χ2v) is 2.73. The van der Waals surface area contributed by atoms with Crippen LogP contribution in [0.3, 0.4) is 0 Å². The number of amides is 1. The van der Waals surface area contributed by atoms with Gasteiger partial charge in [0.1, 0.15) is 5.70 Å². The highest BCUT2D eigenvalue weighted by Gasteiger charge is 2.08. The molecule has 0 aliphatic carbocycles. The smallest absolute Gasteiger partial charge is 0.271 e. The number of carbonyl (C=O) groups excluding carboxylic acids is 1. The molecule has 0 fully saturated rings. The van der Waals surface area contributed by atoms with Crippen LogP contribution in [0.1, 0.15) is 6.42 Å². The number of hydrogen-bond acceptors (Lipinski definition) is 2. The van der Waals surface area contributed by atoms with Crippen LogP contribution in [0.4, 0.5) is 0 Å². The molecule has 0 saturated heterocycles. The first-order valence-corrected chi connectivity index (χ1v) is 3.83. The van der Waals surface area contributed by atoms with Crippen LogP contribution in [-0.2, 0) is 4.79 Å². The zero-order valence-corrected chi connectivity index (χ0v) is 7.32. The molecule has 0 saturated carbocycles. The molecule has 0 aromatic carbocycles. The molecule has 0 aromatic rings. The van der Waals surface area contributed by atoms with Crippen molar-refractivity contribution in [2.45, 2.75) is 6.42 Å². The third kappa shape index (κ3) is 2.05. The Morgan fingerprint density at radius 3 is 3.00 bits per heavy atom. The zero-order valence-electron chi connectivity index (χ0n) is 7.32. The summed E-state index contributed by atoms with van der Waals surface area (Å²) < 4.78 is 0. The van der Waals surface area contributed by atoms with Crippen molar-refractivity contribution in [2.24, 2.45) is 4.99 Å². The monoisotopic (exact) mass is 164 g/mol. The molecule has 12 heavy (non-hydrogen) atoms. The van der Waals surface area contributed by atoms with Gasteiger partial charge in [0, 0.05) is 26.7 Å². The maximum absolute atomic E-state index is 11.4. The van der Waals surface area contributed by atoms with E-state index >= 15 is 0 Å². The summed E-state index contributed by atoms with van der Waals surface area (Å²) in [4.78, 5) is 16.9. The van der Waals surface area contributed by atoms with Gasteiger partial charge in [0.15, 0.2) is 0 Å². The maximum atomic E-state index is 11.4. The van der Waals surface area contributed by atoms with E-state index in [1.165, 1.54) is 4.90 Å². The highest BCUT2D eigenvalue weighted by molar-refractivity contribution is 5.94. The van der Waals surface area contributed by atoms with Gasteiger partial charge in [-0.15, -0.1) is 0 Å². The van der Waals surface area contributed by atoms with E-state index in [9.17, 15) is 4.79 Å². The first kappa shape index (κ1) is 8.71. The standard InChI is InChI=1S/C9H12N2O/c1-11(2)9(12)8-6-4-3-5-7-10-8/h3-4,6-7H,5H2,1-2H3. The summed E-state index contributed by atoms with van der Waals surface area (Å²) in [7, 11) is 3.43. The molecule has 1 heterocycles. The first-order valence-electron chi connectivity index (χ1n) is 3.83. The highest BCUT2D eigenvalue weighted by atomic mass is 16.2. The van der Waals surface area contributed by atoms with Gasteiger partial charge in [0.05, 0.1) is 0 Å². The Morgan fingerprint density at radius 2 is 2.33 bits per heavy atom. The average molecular weight is 164 g/mol. The average Bonchev–Trinajstić information content (AvgIpc) is 2.30. The summed E-state index contributed by atoms with van der Waals surface area (Å²) in [5, 5.41) is 0. The van der Waals surface area contributed by atoms with Crippen molar-refractivity contribution < 1.29 is 4.79 Å². The van der Waals surface area contributed by atoms with Crippen LogP contribution in [0.5, 0.6) is 0 Å². The molecule has 0 radical (unpaired) electrons. The van der Waals surface area contributed by atoms with Crippen molar-refractivity contribution >= 4 is 12.1 Å². The van der Waals surface area contributed by atoms with Crippen molar-refractivity contribution in [1.29, 1.82) is 0 Å². The van der Waals surface area contributed by atoms with Crippen LogP contribution >= 0.6 is 0 Å². The summed E-state index contributed by atoms with van der Waals surface area (Å²) in [6.07, 6.45) is 8.06. The minimum atomic E-state index is -0.0576. The fraction of sp³-hybridized carbons (Fsp3) is 0.333. The third-order valence-electron chi connectivity index (χ3n) is 1.49. The van der Waals surface area contributed by atoms with E-state index in [1.54, 1.807) is 26.4 Å². The number of carbonyl (C=O) groups is 1. The van der Waals surface area contributed by atoms with Gasteiger partial charge in [-0.25, -0.2) is 0 Å². The molecular formula is C9H12N2O. The predicted molar refractivity (Wildman–Crippen MR) is 49.0 cm³/mol. The topological polar surface area (TPSA) is 32.7 Å². The minimum Gasteiger partial charge on any atom is -0.343 e. The van der Waals surface area contributed by atoms with Crippen molar-refractivity contribution in [1.82, 2.24) is 4.90 Å². The Kier molecular flexibility index (Phi) is 2.80. The van der Waals surface area contributed by atoms with Gasteiger partial charge in [-0.1, -0.05) is 12.2 Å². The van der Waals surface area contributed by atoms with E-state index in [1.807, 2.05) is 12.2 Å². The Hall–Kier alpha value is -1.38. The van der Waals surface area contributed by atoms with Gasteiger partial charge in [-0.2, -0.15) is 0 Å². The van der Waals surface area contributed by atoms with Crippen molar-refractivity contribution in [3.8, 4) is 0 Å². The SMILES string of the molecule is CN(C)C(=O)C1=CC=CCC=N1. The molecule has 3 heteroatoms. The number of aliphatic imine (C=N–C) groups is 1. The molecule has 1 aliphatic rings. The Morgan fingerprint density at radius 1 is 1.58 bits per heavy atom. The number of hydrogen-bond donors (Lipinski definition) is 0.